The van der Waals surface area contributed by atoms with E-state index < -0.39 is 102 Å². The van der Waals surface area contributed by atoms with Gasteiger partial charge in [-0.3, -0.25) is 47.9 Å². The Hall–Kier alpha value is -6.00. The highest BCUT2D eigenvalue weighted by Crippen LogP contribution is 2.70. The van der Waals surface area contributed by atoms with E-state index in [4.69, 9.17) is 48.6 Å². The number of primary amides is 3. The molecule has 0 aromatic heterocycles. The summed E-state index contributed by atoms with van der Waals surface area (Å²) in [5.41, 5.74) is 33.4. The quantitative estimate of drug-likeness (QED) is 0.0409. The van der Waals surface area contributed by atoms with Gasteiger partial charge in [0, 0.05) is 37.5 Å². The van der Waals surface area contributed by atoms with Crippen LogP contribution in [0.2, 0.25) is 0 Å². The zero-order chi connectivity index (χ0) is 55.2. The Bertz CT molecular complexity index is 2230. The molecule has 15 N–H and O–H groups in total. The maximum Gasteiger partial charge on any atom is 0.325 e. The van der Waals surface area contributed by atoms with E-state index in [-0.39, 0.29) is 118 Å². The van der Waals surface area contributed by atoms with Crippen molar-refractivity contribution in [3.8, 4) is 0 Å². The summed E-state index contributed by atoms with van der Waals surface area (Å²) in [5.74, 6) is -6.24. The molecule has 5 rings (SSSR count). The van der Waals surface area contributed by atoms with Crippen LogP contribution in [0, 0.1) is 52.3 Å². The third-order valence-corrected chi connectivity index (χ3v) is 17.1. The third-order valence-electron chi connectivity index (χ3n) is 17.1. The average molecular weight is 1050 g/mol. The van der Waals surface area contributed by atoms with Crippen molar-refractivity contribution in [3.63, 3.8) is 0 Å². The van der Waals surface area contributed by atoms with Gasteiger partial charge in [-0.25, -0.2) is 0 Å². The smallest absolute Gasteiger partial charge is 0.325 e. The summed E-state index contributed by atoms with van der Waals surface area (Å²) < 4.78 is 18.2. The number of amides is 6. The van der Waals surface area contributed by atoms with Crippen LogP contribution < -0.4 is 50.4 Å². The van der Waals surface area contributed by atoms with Crippen LogP contribution >= 0.6 is 0 Å². The molecule has 0 unspecified atom stereocenters. The summed E-state index contributed by atoms with van der Waals surface area (Å²) in [5, 5.41) is 7.69. The van der Waals surface area contributed by atoms with Gasteiger partial charge in [0.1, 0.15) is 31.9 Å². The molecule has 0 bridgehead atoms. The van der Waals surface area contributed by atoms with Crippen molar-refractivity contribution >= 4 is 59.1 Å². The highest BCUT2D eigenvalue weighted by Gasteiger charge is 2.67. The Kier molecular flexibility index (Phi) is 21.7. The van der Waals surface area contributed by atoms with E-state index in [2.05, 4.69) is 36.7 Å². The van der Waals surface area contributed by atoms with Crippen LogP contribution in [-0.4, -0.2) is 109 Å². The number of esters is 3. The van der Waals surface area contributed by atoms with E-state index in [0.29, 0.717) is 38.5 Å². The van der Waals surface area contributed by atoms with Crippen molar-refractivity contribution in [2.45, 2.75) is 160 Å². The minimum atomic E-state index is -1.08. The topological polar surface area (TPSA) is 391 Å². The molecule has 0 aliphatic heterocycles. The number of rotatable bonds is 28. The second-order valence-electron chi connectivity index (χ2n) is 22.0. The molecule has 1 aromatic rings. The van der Waals surface area contributed by atoms with Gasteiger partial charge in [-0.05, 0) is 123 Å². The van der Waals surface area contributed by atoms with Crippen LogP contribution in [0.4, 0.5) is 0 Å². The maximum absolute atomic E-state index is 14.1. The van der Waals surface area contributed by atoms with Crippen molar-refractivity contribution in [2.24, 2.45) is 86.7 Å². The van der Waals surface area contributed by atoms with Gasteiger partial charge < -0.3 is 64.6 Å². The van der Waals surface area contributed by atoms with E-state index >= 15 is 0 Å². The zero-order valence-electron chi connectivity index (χ0n) is 43.7. The first-order valence-electron chi connectivity index (χ1n) is 26.5. The van der Waals surface area contributed by atoms with E-state index in [1.165, 1.54) is 0 Å². The summed E-state index contributed by atoms with van der Waals surface area (Å²) in [6.45, 7) is 5.40. The van der Waals surface area contributed by atoms with Crippen LogP contribution in [0.15, 0.2) is 30.3 Å². The lowest BCUT2D eigenvalue weighted by Gasteiger charge is -2.65. The first kappa shape index (κ1) is 59.9. The molecular weight excluding hydrogens is 971 g/mol. The van der Waals surface area contributed by atoms with Crippen molar-refractivity contribution < 1.29 is 62.2 Å². The summed E-state index contributed by atoms with van der Waals surface area (Å²) in [4.78, 5) is 127. The minimum absolute atomic E-state index is 0.00762. The highest BCUT2D eigenvalue weighted by molar-refractivity contribution is 5.89. The number of nitrogens with two attached hydrogens (primary N) is 6. The molecule has 4 fully saturated rings. The van der Waals surface area contributed by atoms with Gasteiger partial charge in [-0.1, -0.05) is 51.1 Å². The van der Waals surface area contributed by atoms with E-state index in [0.717, 1.165) is 18.4 Å². The van der Waals surface area contributed by atoms with Crippen LogP contribution in [0.3, 0.4) is 0 Å². The van der Waals surface area contributed by atoms with Crippen molar-refractivity contribution in [1.82, 2.24) is 16.0 Å². The largest absolute Gasteiger partial charge is 0.461 e. The number of carbonyl (C=O) groups excluding carboxylic acids is 10. The minimum Gasteiger partial charge on any atom is -0.461 e. The summed E-state index contributed by atoms with van der Waals surface area (Å²) >= 11 is 0. The molecule has 75 heavy (non-hydrogen) atoms. The van der Waals surface area contributed by atoms with Crippen LogP contribution in [0.5, 0.6) is 0 Å². The molecule has 0 heterocycles. The SMILES string of the molecule is C[C@H](CCC(=O)OCc1ccccc1)[C@H]1CC[C@H]2[C@@H]3[C@H](CC(=O)CNC(=O)[C@@H](N)CCC(N)=O)C[C@@H]4C[C@H](OC(=O)CNC(=O)[C@@H](N)CCC(N)=O)CC[C@]4(C)[C@H]3C[C@H](OC(=O)CNC(=O)[C@@H](N)CCC(N)=O)[C@]12C. The predicted octanol–water partition coefficient (Wildman–Crippen LogP) is 0.551. The first-order chi connectivity index (χ1) is 35.4. The van der Waals surface area contributed by atoms with Crippen molar-refractivity contribution in [1.29, 1.82) is 0 Å². The molecule has 22 heteroatoms. The Morgan fingerprint density at radius 2 is 1.16 bits per heavy atom. The molecule has 4 aliphatic rings. The van der Waals surface area contributed by atoms with E-state index in [9.17, 15) is 47.9 Å². The second-order valence-corrected chi connectivity index (χ2v) is 22.0. The number of ether oxygens (including phenoxy) is 3. The number of fused-ring (bicyclic) bond motifs is 5. The average Bonchev–Trinajstić information content (AvgIpc) is 3.73. The molecule has 6 amide bonds. The maximum atomic E-state index is 14.1. The molecule has 14 atom stereocenters. The second kappa shape index (κ2) is 27.2. The van der Waals surface area contributed by atoms with Crippen molar-refractivity contribution in [2.75, 3.05) is 19.6 Å². The Balaban J connectivity index is 1.41. The lowest BCUT2D eigenvalue weighted by atomic mass is 9.41. The summed E-state index contributed by atoms with van der Waals surface area (Å²) in [6.07, 6.45) is 3.33. The van der Waals surface area contributed by atoms with Gasteiger partial charge in [0.15, 0.2) is 5.78 Å². The fraction of sp³-hybridized carbons (Fsp3) is 0.698. The molecule has 1 aromatic carbocycles. The molecule has 0 spiro atoms. The molecule has 4 saturated carbocycles. The molecule has 416 valence electrons. The third kappa shape index (κ3) is 16.3. The molecular formula is C53H81N9O13. The summed E-state index contributed by atoms with van der Waals surface area (Å²) in [7, 11) is 0. The highest BCUT2D eigenvalue weighted by atomic mass is 16.6. The number of Topliss-reactive ketones (excluding diaryl/α,β-unsaturated/α-hetero) is 1. The first-order valence-corrected chi connectivity index (χ1v) is 26.5. The van der Waals surface area contributed by atoms with Crippen LogP contribution in [0.1, 0.15) is 129 Å². The lowest BCUT2D eigenvalue weighted by molar-refractivity contribution is -0.210. The molecule has 22 nitrogen and oxygen atoms in total. The fourth-order valence-electron chi connectivity index (χ4n) is 13.1. The molecule has 0 saturated heterocycles. The number of benzene rings is 1. The van der Waals surface area contributed by atoms with E-state index in [1.807, 2.05) is 30.3 Å². The molecule has 0 radical (unpaired) electrons. The number of carbonyl (C=O) groups is 10. The Labute approximate surface area is 438 Å². The van der Waals surface area contributed by atoms with E-state index in [1.54, 1.807) is 0 Å². The number of hydrogen-bond acceptors (Lipinski definition) is 16. The number of hydrogen-bond donors (Lipinski definition) is 9. The fourth-order valence-corrected chi connectivity index (χ4v) is 13.1. The normalized spacial score (nSPS) is 28.2. The molecule has 4 aliphatic carbocycles. The summed E-state index contributed by atoms with van der Waals surface area (Å²) in [6, 6.07) is 6.21. The van der Waals surface area contributed by atoms with Crippen LogP contribution in [0.25, 0.3) is 0 Å². The van der Waals surface area contributed by atoms with Crippen LogP contribution in [-0.2, 0) is 68.8 Å². The Morgan fingerprint density at radius 1 is 0.627 bits per heavy atom. The van der Waals surface area contributed by atoms with Gasteiger partial charge in [0.2, 0.25) is 35.4 Å². The van der Waals surface area contributed by atoms with Gasteiger partial charge >= 0.3 is 17.9 Å². The Morgan fingerprint density at radius 3 is 1.71 bits per heavy atom. The van der Waals surface area contributed by atoms with Gasteiger partial charge in [-0.2, -0.15) is 0 Å². The van der Waals surface area contributed by atoms with Crippen molar-refractivity contribution in [3.05, 3.63) is 35.9 Å². The predicted molar refractivity (Wildman–Crippen MR) is 272 cm³/mol. The number of nitrogens with one attached hydrogen (secondary N) is 3. The van der Waals surface area contributed by atoms with Gasteiger partial charge in [0.25, 0.3) is 0 Å². The number of ketones is 1. The zero-order valence-corrected chi connectivity index (χ0v) is 43.7. The lowest BCUT2D eigenvalue weighted by Crippen LogP contribution is -2.62. The van der Waals surface area contributed by atoms with Gasteiger partial charge in [0.05, 0.1) is 24.7 Å². The monoisotopic (exact) mass is 1050 g/mol. The standard InChI is InChI=1S/C53H81N9O13/c1-29(9-18-45(67)73-28-30-7-5-4-6-8-30)35-10-11-36-48-31(22-33(63)25-60-49(70)38(54)12-15-42(57)64)21-32-23-34(74-46(68)26-61-50(71)39(55)13-16-43(58)65)19-20-52(32,2)37(48)24-41(53(35,36)3)75-47(69)27-62-51(72)40(56)14-17-44(59)66/h4-8,29,31-32,34-41,48H,9-28,54-56H2,1-3H3,(H2,57,64)(H2,58,65)(H2,59,66)(H,60,70)(H,61,71)(H,62,72)/t29-,31+,32-,34-,35-,36+,37+,38+,39+,40+,41+,48+,52+,53-/m1/s1. The van der Waals surface area contributed by atoms with Gasteiger partial charge in [-0.15, -0.1) is 0 Å².